The minimum Gasteiger partial charge on any atom is -0.347 e. The van der Waals surface area contributed by atoms with E-state index in [1.807, 2.05) is 35.6 Å². The molecular weight excluding hydrogens is 433 g/mol. The number of likely N-dealkylation sites (N-methyl/N-ethyl adjacent to an activating group) is 1. The van der Waals surface area contributed by atoms with E-state index in [9.17, 15) is 18.8 Å². The van der Waals surface area contributed by atoms with E-state index in [1.54, 1.807) is 32.3 Å². The number of piperidine rings is 1. The lowest BCUT2D eigenvalue weighted by molar-refractivity contribution is -0.124. The van der Waals surface area contributed by atoms with Crippen LogP contribution in [0.1, 0.15) is 44.8 Å². The summed E-state index contributed by atoms with van der Waals surface area (Å²) in [5.41, 5.74) is 3.66. The number of ketones is 1. The Morgan fingerprint density at radius 1 is 1.03 bits per heavy atom. The SMILES string of the molecule is Cc1c(C(=O)N2CCC(Cc3ccc(F)cc3)CC2)c2cc(C(=O)C(=O)N(C)C)ccc2n1C. The van der Waals surface area contributed by atoms with E-state index in [1.165, 1.54) is 17.0 Å². The molecule has 4 rings (SSSR count). The summed E-state index contributed by atoms with van der Waals surface area (Å²) in [6, 6.07) is 11.7. The van der Waals surface area contributed by atoms with Gasteiger partial charge in [-0.05, 0) is 68.0 Å². The molecule has 1 aromatic heterocycles. The molecule has 178 valence electrons. The first kappa shape index (κ1) is 23.7. The van der Waals surface area contributed by atoms with Crippen molar-refractivity contribution in [2.75, 3.05) is 27.2 Å². The molecule has 0 atom stereocenters. The zero-order valence-electron chi connectivity index (χ0n) is 20.1. The summed E-state index contributed by atoms with van der Waals surface area (Å²) < 4.78 is 15.1. The van der Waals surface area contributed by atoms with Gasteiger partial charge in [-0.25, -0.2) is 4.39 Å². The third-order valence-corrected chi connectivity index (χ3v) is 6.91. The Hall–Kier alpha value is -3.48. The van der Waals surface area contributed by atoms with Crippen molar-refractivity contribution < 1.29 is 18.8 Å². The lowest BCUT2D eigenvalue weighted by atomic mass is 9.90. The summed E-state index contributed by atoms with van der Waals surface area (Å²) in [6.45, 7) is 3.21. The van der Waals surface area contributed by atoms with Crippen LogP contribution in [0.15, 0.2) is 42.5 Å². The maximum absolute atomic E-state index is 13.6. The van der Waals surface area contributed by atoms with Crippen LogP contribution >= 0.6 is 0 Å². The number of hydrogen-bond donors (Lipinski definition) is 0. The lowest BCUT2D eigenvalue weighted by Gasteiger charge is -2.32. The third kappa shape index (κ3) is 4.47. The number of carbonyl (C=O) groups is 3. The smallest absolute Gasteiger partial charge is 0.294 e. The van der Waals surface area contributed by atoms with Crippen molar-refractivity contribution >= 4 is 28.5 Å². The molecule has 1 saturated heterocycles. The molecule has 1 aliphatic rings. The van der Waals surface area contributed by atoms with Crippen molar-refractivity contribution in [2.24, 2.45) is 13.0 Å². The largest absolute Gasteiger partial charge is 0.347 e. The van der Waals surface area contributed by atoms with Gasteiger partial charge in [0.25, 0.3) is 11.8 Å². The normalized spacial score (nSPS) is 14.4. The van der Waals surface area contributed by atoms with Gasteiger partial charge in [-0.15, -0.1) is 0 Å². The van der Waals surface area contributed by atoms with Crippen LogP contribution in [-0.4, -0.2) is 59.1 Å². The molecular formula is C27H30FN3O3. The van der Waals surface area contributed by atoms with Crippen LogP contribution in [0.3, 0.4) is 0 Å². The van der Waals surface area contributed by atoms with Gasteiger partial charge in [0.05, 0.1) is 5.56 Å². The number of aryl methyl sites for hydroxylation is 1. The van der Waals surface area contributed by atoms with Gasteiger partial charge in [0.2, 0.25) is 5.78 Å². The van der Waals surface area contributed by atoms with E-state index in [4.69, 9.17) is 0 Å². The number of nitrogens with zero attached hydrogens (tertiary/aromatic N) is 3. The van der Waals surface area contributed by atoms with Crippen molar-refractivity contribution in [2.45, 2.75) is 26.2 Å². The Bertz CT molecular complexity index is 1250. The number of fused-ring (bicyclic) bond motifs is 1. The molecule has 0 spiro atoms. The van der Waals surface area contributed by atoms with E-state index >= 15 is 0 Å². The van der Waals surface area contributed by atoms with E-state index in [2.05, 4.69) is 0 Å². The van der Waals surface area contributed by atoms with Gasteiger partial charge in [-0.3, -0.25) is 14.4 Å². The highest BCUT2D eigenvalue weighted by molar-refractivity contribution is 6.43. The van der Waals surface area contributed by atoms with Crippen LogP contribution in [0.25, 0.3) is 10.9 Å². The average molecular weight is 464 g/mol. The van der Waals surface area contributed by atoms with Crippen LogP contribution in [0.2, 0.25) is 0 Å². The van der Waals surface area contributed by atoms with Gasteiger partial charge in [-0.2, -0.15) is 0 Å². The first-order valence-corrected chi connectivity index (χ1v) is 11.6. The molecule has 7 heteroatoms. The Kier molecular flexibility index (Phi) is 6.55. The van der Waals surface area contributed by atoms with Crippen molar-refractivity contribution in [1.29, 1.82) is 0 Å². The summed E-state index contributed by atoms with van der Waals surface area (Å²) in [5.74, 6) is -1.02. The predicted molar refractivity (Wildman–Crippen MR) is 129 cm³/mol. The highest BCUT2D eigenvalue weighted by atomic mass is 19.1. The number of likely N-dealkylation sites (tertiary alicyclic amines) is 1. The van der Waals surface area contributed by atoms with Crippen molar-refractivity contribution in [3.8, 4) is 0 Å². The van der Waals surface area contributed by atoms with Crippen LogP contribution < -0.4 is 0 Å². The van der Waals surface area contributed by atoms with E-state index in [0.29, 0.717) is 30.0 Å². The highest BCUT2D eigenvalue weighted by Gasteiger charge is 2.28. The molecule has 0 unspecified atom stereocenters. The molecule has 0 saturated carbocycles. The number of Topliss-reactive ketones (excluding diaryl/α,β-unsaturated/α-hetero) is 1. The molecule has 34 heavy (non-hydrogen) atoms. The van der Waals surface area contributed by atoms with Gasteiger partial charge in [0.15, 0.2) is 0 Å². The highest BCUT2D eigenvalue weighted by Crippen LogP contribution is 2.30. The second kappa shape index (κ2) is 9.41. The topological polar surface area (TPSA) is 62.6 Å². The molecule has 1 fully saturated rings. The van der Waals surface area contributed by atoms with Gasteiger partial charge >= 0.3 is 0 Å². The fraction of sp³-hybridized carbons (Fsp3) is 0.370. The van der Waals surface area contributed by atoms with E-state index < -0.39 is 11.7 Å². The Balaban J connectivity index is 1.54. The Morgan fingerprint density at radius 3 is 2.29 bits per heavy atom. The van der Waals surface area contributed by atoms with Crippen molar-refractivity contribution in [3.05, 3.63) is 70.7 Å². The molecule has 2 heterocycles. The van der Waals surface area contributed by atoms with Crippen LogP contribution in [-0.2, 0) is 18.3 Å². The quantitative estimate of drug-likeness (QED) is 0.425. The summed E-state index contributed by atoms with van der Waals surface area (Å²) in [6.07, 6.45) is 2.64. The Morgan fingerprint density at radius 2 is 1.68 bits per heavy atom. The van der Waals surface area contributed by atoms with Crippen molar-refractivity contribution in [1.82, 2.24) is 14.4 Å². The Labute approximate surface area is 198 Å². The zero-order chi connectivity index (χ0) is 24.6. The maximum atomic E-state index is 13.6. The zero-order valence-corrected chi connectivity index (χ0v) is 20.1. The predicted octanol–water partition coefficient (Wildman–Crippen LogP) is 3.99. The van der Waals surface area contributed by atoms with Crippen molar-refractivity contribution in [3.63, 3.8) is 0 Å². The molecule has 0 radical (unpaired) electrons. The first-order chi connectivity index (χ1) is 16.2. The molecule has 1 aliphatic heterocycles. The number of halogens is 1. The van der Waals surface area contributed by atoms with Crippen LogP contribution in [0, 0.1) is 18.7 Å². The number of benzene rings is 2. The second-order valence-corrected chi connectivity index (χ2v) is 9.35. The number of carbonyl (C=O) groups excluding carboxylic acids is 3. The summed E-state index contributed by atoms with van der Waals surface area (Å²) in [4.78, 5) is 41.5. The fourth-order valence-corrected chi connectivity index (χ4v) is 4.76. The van der Waals surface area contributed by atoms with Crippen LogP contribution in [0.4, 0.5) is 4.39 Å². The molecule has 6 nitrogen and oxygen atoms in total. The molecule has 0 N–H and O–H groups in total. The average Bonchev–Trinajstić information content (AvgIpc) is 3.08. The van der Waals surface area contributed by atoms with Gasteiger partial charge < -0.3 is 14.4 Å². The summed E-state index contributed by atoms with van der Waals surface area (Å²) in [7, 11) is 4.98. The number of aromatic nitrogens is 1. The molecule has 3 aromatic rings. The van der Waals surface area contributed by atoms with E-state index in [0.717, 1.165) is 36.0 Å². The molecule has 2 aromatic carbocycles. The second-order valence-electron chi connectivity index (χ2n) is 9.35. The van der Waals surface area contributed by atoms with Gasteiger partial charge in [-0.1, -0.05) is 12.1 Å². The first-order valence-electron chi connectivity index (χ1n) is 11.6. The number of rotatable bonds is 5. The molecule has 0 aliphatic carbocycles. The van der Waals surface area contributed by atoms with Gasteiger partial charge in [0.1, 0.15) is 5.82 Å². The standard InChI is InChI=1S/C27H30FN3O3/c1-17-24(22-16-20(7-10-23(22)30(17)4)25(32)27(34)29(2)3)26(33)31-13-11-19(12-14-31)15-18-5-8-21(28)9-6-18/h5-10,16,19H,11-15H2,1-4H3. The van der Waals surface area contributed by atoms with Crippen LogP contribution in [0.5, 0.6) is 0 Å². The molecule has 2 amide bonds. The minimum absolute atomic E-state index is 0.0492. The minimum atomic E-state index is -0.594. The third-order valence-electron chi connectivity index (χ3n) is 6.91. The number of hydrogen-bond acceptors (Lipinski definition) is 3. The van der Waals surface area contributed by atoms with Gasteiger partial charge in [0, 0.05) is 56.4 Å². The maximum Gasteiger partial charge on any atom is 0.294 e. The molecule has 0 bridgehead atoms. The van der Waals surface area contributed by atoms with E-state index in [-0.39, 0.29) is 17.3 Å². The monoisotopic (exact) mass is 463 g/mol. The summed E-state index contributed by atoms with van der Waals surface area (Å²) in [5, 5.41) is 0.691. The summed E-state index contributed by atoms with van der Waals surface area (Å²) >= 11 is 0. The fourth-order valence-electron chi connectivity index (χ4n) is 4.76. The lowest BCUT2D eigenvalue weighted by Crippen LogP contribution is -2.39. The number of amides is 2.